The van der Waals surface area contributed by atoms with Gasteiger partial charge in [0.1, 0.15) is 11.5 Å². The van der Waals surface area contributed by atoms with Gasteiger partial charge in [-0.3, -0.25) is 4.79 Å². The first-order chi connectivity index (χ1) is 9.87. The van der Waals surface area contributed by atoms with Gasteiger partial charge >= 0.3 is 0 Å². The first-order valence-corrected chi connectivity index (χ1v) is 9.11. The number of carbonyl (C=O) groups excluding carboxylic acids is 1. The third kappa shape index (κ3) is 4.56. The highest BCUT2D eigenvalue weighted by molar-refractivity contribution is 7.91. The van der Waals surface area contributed by atoms with Gasteiger partial charge in [0.2, 0.25) is 5.91 Å². The van der Waals surface area contributed by atoms with Gasteiger partial charge in [0.15, 0.2) is 9.84 Å². The van der Waals surface area contributed by atoms with Gasteiger partial charge in [-0.2, -0.15) is 0 Å². The molecule has 21 heavy (non-hydrogen) atoms. The highest BCUT2D eigenvalue weighted by Gasteiger charge is 2.23. The molecule has 1 amide bonds. The Bertz CT molecular complexity index is 581. The van der Waals surface area contributed by atoms with Crippen LogP contribution in [-0.2, 0) is 20.4 Å². The van der Waals surface area contributed by atoms with Crippen LogP contribution in [-0.4, -0.2) is 31.3 Å². The van der Waals surface area contributed by atoms with Crippen molar-refractivity contribution >= 4 is 15.7 Å². The molecule has 1 fully saturated rings. The largest absolute Gasteiger partial charge is 0.361 e. The average Bonchev–Trinajstić information content (AvgIpc) is 2.70. The maximum Gasteiger partial charge on any atom is 0.235 e. The molecule has 0 unspecified atom stereocenters. The molecule has 1 N–H and O–H groups in total. The second kappa shape index (κ2) is 6.60. The fraction of sp³-hybridized carbons (Fsp3) is 0.714. The molecule has 0 bridgehead atoms. The van der Waals surface area contributed by atoms with Crippen LogP contribution >= 0.6 is 0 Å². The number of hydrogen-bond donors (Lipinski definition) is 1. The lowest BCUT2D eigenvalue weighted by atomic mass is 9.95. The average molecular weight is 314 g/mol. The molecule has 1 aliphatic carbocycles. The predicted molar refractivity (Wildman–Crippen MR) is 78.5 cm³/mol. The second-order valence-electron chi connectivity index (χ2n) is 5.74. The lowest BCUT2D eigenvalue weighted by molar-refractivity contribution is -0.119. The van der Waals surface area contributed by atoms with E-state index in [0.717, 1.165) is 25.7 Å². The third-order valence-corrected chi connectivity index (χ3v) is 5.30. The van der Waals surface area contributed by atoms with Crippen molar-refractivity contribution in [3.05, 3.63) is 17.0 Å². The quantitative estimate of drug-likeness (QED) is 0.892. The normalized spacial score (nSPS) is 16.9. The predicted octanol–water partition coefficient (Wildman–Crippen LogP) is 1.66. The van der Waals surface area contributed by atoms with E-state index in [-0.39, 0.29) is 11.8 Å². The van der Waals surface area contributed by atoms with Crippen LogP contribution < -0.4 is 5.32 Å². The summed E-state index contributed by atoms with van der Waals surface area (Å²) >= 11 is 0. The van der Waals surface area contributed by atoms with Crippen LogP contribution in [0.4, 0.5) is 0 Å². The third-order valence-electron chi connectivity index (χ3n) is 3.87. The van der Waals surface area contributed by atoms with Gasteiger partial charge in [0.05, 0.1) is 11.4 Å². The number of carbonyl (C=O) groups is 1. The lowest BCUT2D eigenvalue weighted by Gasteiger charge is -2.22. The molecule has 1 aliphatic rings. The van der Waals surface area contributed by atoms with Crippen LogP contribution in [0.3, 0.4) is 0 Å². The molecular weight excluding hydrogens is 292 g/mol. The molecule has 1 aromatic heterocycles. The van der Waals surface area contributed by atoms with Crippen LogP contribution in [0, 0.1) is 13.8 Å². The number of nitrogens with one attached hydrogen (secondary N) is 1. The van der Waals surface area contributed by atoms with Gasteiger partial charge in [-0.1, -0.05) is 24.4 Å². The van der Waals surface area contributed by atoms with Gasteiger partial charge in [-0.25, -0.2) is 8.42 Å². The van der Waals surface area contributed by atoms with Crippen molar-refractivity contribution in [1.82, 2.24) is 10.5 Å². The van der Waals surface area contributed by atoms with Crippen LogP contribution in [0.1, 0.15) is 49.1 Å². The summed E-state index contributed by atoms with van der Waals surface area (Å²) in [4.78, 5) is 11.9. The smallest absolute Gasteiger partial charge is 0.235 e. The Hall–Kier alpha value is -1.37. The minimum atomic E-state index is -3.51. The highest BCUT2D eigenvalue weighted by atomic mass is 32.2. The number of amides is 1. The Balaban J connectivity index is 1.92. The highest BCUT2D eigenvalue weighted by Crippen LogP contribution is 2.18. The zero-order valence-corrected chi connectivity index (χ0v) is 13.3. The molecule has 6 nitrogen and oxygen atoms in total. The van der Waals surface area contributed by atoms with Crippen molar-refractivity contribution in [3.63, 3.8) is 0 Å². The summed E-state index contributed by atoms with van der Waals surface area (Å²) in [5.41, 5.74) is 1.12. The van der Waals surface area contributed by atoms with Crippen molar-refractivity contribution in [3.8, 4) is 0 Å². The number of sulfone groups is 1. The molecule has 1 aromatic rings. The number of aromatic nitrogens is 1. The maximum atomic E-state index is 12.1. The first kappa shape index (κ1) is 16.0. The summed E-state index contributed by atoms with van der Waals surface area (Å²) in [6.07, 6.45) is 5.26. The number of hydrogen-bond acceptors (Lipinski definition) is 5. The van der Waals surface area contributed by atoms with Gasteiger partial charge in [0.25, 0.3) is 0 Å². The molecule has 1 saturated carbocycles. The topological polar surface area (TPSA) is 89.3 Å². The Labute approximate surface area is 125 Å². The summed E-state index contributed by atoms with van der Waals surface area (Å²) < 4.78 is 29.2. The number of rotatable bonds is 5. The minimum Gasteiger partial charge on any atom is -0.361 e. The maximum absolute atomic E-state index is 12.1. The summed E-state index contributed by atoms with van der Waals surface area (Å²) in [7, 11) is -3.51. The van der Waals surface area contributed by atoms with E-state index in [1.165, 1.54) is 6.42 Å². The first-order valence-electron chi connectivity index (χ1n) is 7.29. The summed E-state index contributed by atoms with van der Waals surface area (Å²) in [6.45, 7) is 3.37. The Morgan fingerprint density at radius 2 is 1.95 bits per heavy atom. The zero-order chi connectivity index (χ0) is 15.5. The minimum absolute atomic E-state index is 0.125. The standard InChI is InChI=1S/C14H22N2O4S/c1-10-13(11(2)20-16-10)8-21(18,19)9-14(17)15-12-6-4-3-5-7-12/h12H,3-9H2,1-2H3,(H,15,17). The van der Waals surface area contributed by atoms with E-state index in [1.54, 1.807) is 13.8 Å². The van der Waals surface area contributed by atoms with E-state index in [2.05, 4.69) is 10.5 Å². The van der Waals surface area contributed by atoms with Gasteiger partial charge in [0, 0.05) is 11.6 Å². The lowest BCUT2D eigenvalue weighted by Crippen LogP contribution is -2.39. The van der Waals surface area contributed by atoms with Crippen molar-refractivity contribution in [2.75, 3.05) is 5.75 Å². The SMILES string of the molecule is Cc1noc(C)c1CS(=O)(=O)CC(=O)NC1CCCCC1. The molecule has 118 valence electrons. The molecular formula is C14H22N2O4S. The van der Waals surface area contributed by atoms with Gasteiger partial charge in [-0.15, -0.1) is 0 Å². The van der Waals surface area contributed by atoms with Crippen LogP contribution in [0.2, 0.25) is 0 Å². The Morgan fingerprint density at radius 1 is 1.29 bits per heavy atom. The van der Waals surface area contributed by atoms with Crippen molar-refractivity contribution in [2.45, 2.75) is 57.7 Å². The molecule has 0 aliphatic heterocycles. The fourth-order valence-electron chi connectivity index (χ4n) is 2.69. The number of nitrogens with zero attached hydrogens (tertiary/aromatic N) is 1. The van der Waals surface area contributed by atoms with Crippen LogP contribution in [0.15, 0.2) is 4.52 Å². The summed E-state index contributed by atoms with van der Waals surface area (Å²) in [6, 6.07) is 0.125. The molecule has 7 heteroatoms. The van der Waals surface area contributed by atoms with E-state index >= 15 is 0 Å². The molecule has 0 spiro atoms. The van der Waals surface area contributed by atoms with Crippen molar-refractivity contribution in [2.24, 2.45) is 0 Å². The van der Waals surface area contributed by atoms with E-state index in [1.807, 2.05) is 0 Å². The van der Waals surface area contributed by atoms with Gasteiger partial charge < -0.3 is 9.84 Å². The van der Waals surface area contributed by atoms with E-state index in [0.29, 0.717) is 17.0 Å². The number of aryl methyl sites for hydroxylation is 2. The Kier molecular flexibility index (Phi) is 5.03. The molecule has 2 rings (SSSR count). The monoisotopic (exact) mass is 314 g/mol. The fourth-order valence-corrected chi connectivity index (χ4v) is 4.13. The molecule has 0 saturated heterocycles. The van der Waals surface area contributed by atoms with Crippen LogP contribution in [0.5, 0.6) is 0 Å². The summed E-state index contributed by atoms with van der Waals surface area (Å²) in [5, 5.41) is 6.56. The van der Waals surface area contributed by atoms with E-state index < -0.39 is 21.5 Å². The molecule has 0 aromatic carbocycles. The second-order valence-corrected chi connectivity index (χ2v) is 7.80. The van der Waals surface area contributed by atoms with Gasteiger partial charge in [-0.05, 0) is 26.7 Å². The van der Waals surface area contributed by atoms with Crippen molar-refractivity contribution in [1.29, 1.82) is 0 Å². The zero-order valence-electron chi connectivity index (χ0n) is 12.5. The Morgan fingerprint density at radius 3 is 2.52 bits per heavy atom. The molecule has 1 heterocycles. The van der Waals surface area contributed by atoms with E-state index in [9.17, 15) is 13.2 Å². The van der Waals surface area contributed by atoms with Crippen molar-refractivity contribution < 1.29 is 17.7 Å². The van der Waals surface area contributed by atoms with Crippen LogP contribution in [0.25, 0.3) is 0 Å². The molecule has 0 radical (unpaired) electrons. The summed E-state index contributed by atoms with van der Waals surface area (Å²) in [5.74, 6) is -0.600. The molecule has 0 atom stereocenters. The van der Waals surface area contributed by atoms with E-state index in [4.69, 9.17) is 4.52 Å².